The zero-order valence-corrected chi connectivity index (χ0v) is 23.0. The second-order valence-electron chi connectivity index (χ2n) is 12.2. The summed E-state index contributed by atoms with van der Waals surface area (Å²) in [4.78, 5) is 20.6. The third kappa shape index (κ3) is 6.15. The Morgan fingerprint density at radius 3 is 2.09 bits per heavy atom. The zero-order valence-electron chi connectivity index (χ0n) is 23.0. The summed E-state index contributed by atoms with van der Waals surface area (Å²) in [6.45, 7) is 15.9. The standard InChI is InChI=1S/C31H44N2O2/c1-9-13-22-19-33(29(32-8)24(22)16-21-14-11-10-12-15-21)20-27(34)23-17-25(30(2,3)4)28(35)26(18-23)31(5,6)7/h10-12,14-15,17-18,22,24,35H,9,13,16,19-20H2,1-8H3/t22-,24+/m0/s1. The summed E-state index contributed by atoms with van der Waals surface area (Å²) >= 11 is 0. The lowest BCUT2D eigenvalue weighted by Gasteiger charge is -2.28. The Hall–Kier alpha value is -2.62. The third-order valence-electron chi connectivity index (χ3n) is 7.25. The molecule has 0 aliphatic carbocycles. The van der Waals surface area contributed by atoms with Crippen LogP contribution < -0.4 is 0 Å². The quantitative estimate of drug-likeness (QED) is 0.448. The van der Waals surface area contributed by atoms with Crippen LogP contribution >= 0.6 is 0 Å². The molecule has 1 aliphatic rings. The minimum absolute atomic E-state index is 0.0813. The van der Waals surface area contributed by atoms with Gasteiger partial charge in [0.2, 0.25) is 0 Å². The lowest BCUT2D eigenvalue weighted by Crippen LogP contribution is -2.33. The maximum absolute atomic E-state index is 13.7. The number of ketones is 1. The van der Waals surface area contributed by atoms with E-state index >= 15 is 0 Å². The zero-order chi connectivity index (χ0) is 26.0. The van der Waals surface area contributed by atoms with Gasteiger partial charge in [-0.2, -0.15) is 0 Å². The number of hydrogen-bond donors (Lipinski definition) is 1. The van der Waals surface area contributed by atoms with Gasteiger partial charge in [-0.15, -0.1) is 0 Å². The molecule has 1 N–H and O–H groups in total. The molecule has 1 aliphatic heterocycles. The van der Waals surface area contributed by atoms with Crippen LogP contribution in [0.1, 0.15) is 88.4 Å². The molecular formula is C31H44N2O2. The number of hydrogen-bond acceptors (Lipinski definition) is 3. The predicted octanol–water partition coefficient (Wildman–Crippen LogP) is 6.79. The maximum atomic E-state index is 13.7. The molecule has 3 rings (SSSR count). The Morgan fingerprint density at radius 2 is 1.60 bits per heavy atom. The second kappa shape index (κ2) is 10.6. The molecule has 4 heteroatoms. The van der Waals surface area contributed by atoms with Crippen molar-refractivity contribution in [2.75, 3.05) is 20.1 Å². The number of Topliss-reactive ketones (excluding diaryl/α,β-unsaturated/α-hetero) is 1. The van der Waals surface area contributed by atoms with Gasteiger partial charge in [0, 0.05) is 36.2 Å². The van der Waals surface area contributed by atoms with Gasteiger partial charge in [0.25, 0.3) is 0 Å². The lowest BCUT2D eigenvalue weighted by atomic mass is 9.78. The predicted molar refractivity (Wildman–Crippen MR) is 147 cm³/mol. The number of phenols is 1. The van der Waals surface area contributed by atoms with Crippen LogP contribution in [-0.4, -0.2) is 41.8 Å². The Morgan fingerprint density at radius 1 is 1.03 bits per heavy atom. The maximum Gasteiger partial charge on any atom is 0.182 e. The number of phenolic OH excluding ortho intramolecular Hbond substituents is 1. The van der Waals surface area contributed by atoms with Gasteiger partial charge in [0.05, 0.1) is 6.54 Å². The van der Waals surface area contributed by atoms with Gasteiger partial charge in [-0.05, 0) is 47.3 Å². The first-order chi connectivity index (χ1) is 16.4. The van der Waals surface area contributed by atoms with Gasteiger partial charge in [-0.1, -0.05) is 85.2 Å². The Labute approximate surface area is 212 Å². The van der Waals surface area contributed by atoms with Crippen molar-refractivity contribution in [1.29, 1.82) is 0 Å². The van der Waals surface area contributed by atoms with E-state index in [2.05, 4.69) is 83.7 Å². The van der Waals surface area contributed by atoms with Crippen LogP contribution in [0.2, 0.25) is 0 Å². The lowest BCUT2D eigenvalue weighted by molar-refractivity contribution is 0.0963. The number of amidine groups is 1. The van der Waals surface area contributed by atoms with E-state index in [9.17, 15) is 9.90 Å². The van der Waals surface area contributed by atoms with Crippen LogP contribution in [0.5, 0.6) is 5.75 Å². The fourth-order valence-electron chi connectivity index (χ4n) is 5.39. The highest BCUT2D eigenvalue weighted by Gasteiger charge is 2.38. The van der Waals surface area contributed by atoms with Crippen LogP contribution in [0.15, 0.2) is 47.5 Å². The van der Waals surface area contributed by atoms with Crippen LogP contribution in [0, 0.1) is 11.8 Å². The Balaban J connectivity index is 1.92. The van der Waals surface area contributed by atoms with Gasteiger partial charge in [0.15, 0.2) is 5.78 Å². The van der Waals surface area contributed by atoms with Crippen molar-refractivity contribution in [3.63, 3.8) is 0 Å². The second-order valence-corrected chi connectivity index (χ2v) is 12.2. The molecule has 0 aromatic heterocycles. The SMILES string of the molecule is CCC[C@H]1CN(CC(=O)c2cc(C(C)(C)C)c(O)c(C(C)(C)C)c2)C(=NC)[C@@H]1Cc1ccccc1. The van der Waals surface area contributed by atoms with Crippen LogP contribution in [0.4, 0.5) is 0 Å². The van der Waals surface area contributed by atoms with E-state index in [4.69, 9.17) is 4.99 Å². The summed E-state index contributed by atoms with van der Waals surface area (Å²) in [5.41, 5.74) is 3.10. The van der Waals surface area contributed by atoms with Crippen molar-refractivity contribution in [3.8, 4) is 5.75 Å². The van der Waals surface area contributed by atoms with E-state index < -0.39 is 0 Å². The molecule has 0 radical (unpaired) electrons. The fraction of sp³-hybridized carbons (Fsp3) is 0.548. The van der Waals surface area contributed by atoms with Gasteiger partial charge >= 0.3 is 0 Å². The number of likely N-dealkylation sites (tertiary alicyclic amines) is 1. The van der Waals surface area contributed by atoms with Gasteiger partial charge in [0.1, 0.15) is 11.6 Å². The van der Waals surface area contributed by atoms with Crippen molar-refractivity contribution in [2.24, 2.45) is 16.8 Å². The molecule has 190 valence electrons. The molecule has 0 spiro atoms. The van der Waals surface area contributed by atoms with Gasteiger partial charge < -0.3 is 10.0 Å². The molecule has 1 heterocycles. The average molecular weight is 477 g/mol. The molecule has 0 amide bonds. The smallest absolute Gasteiger partial charge is 0.182 e. The molecule has 1 saturated heterocycles. The van der Waals surface area contributed by atoms with Crippen molar-refractivity contribution >= 4 is 11.6 Å². The van der Waals surface area contributed by atoms with E-state index in [1.54, 1.807) is 0 Å². The van der Waals surface area contributed by atoms with Crippen LogP contribution in [0.3, 0.4) is 0 Å². The topological polar surface area (TPSA) is 52.9 Å². The number of benzene rings is 2. The van der Waals surface area contributed by atoms with Gasteiger partial charge in [-0.3, -0.25) is 9.79 Å². The number of aliphatic imine (C=N–C) groups is 1. The number of aromatic hydroxyl groups is 1. The van der Waals surface area contributed by atoms with Crippen molar-refractivity contribution < 1.29 is 9.90 Å². The van der Waals surface area contributed by atoms with E-state index in [-0.39, 0.29) is 16.6 Å². The normalized spacial score (nSPS) is 20.0. The first kappa shape index (κ1) is 27.0. The van der Waals surface area contributed by atoms with E-state index in [0.717, 1.165) is 42.8 Å². The van der Waals surface area contributed by atoms with E-state index in [1.165, 1.54) is 5.56 Å². The minimum Gasteiger partial charge on any atom is -0.507 e. The van der Waals surface area contributed by atoms with Crippen molar-refractivity contribution in [3.05, 3.63) is 64.7 Å². The summed E-state index contributed by atoms with van der Waals surface area (Å²) in [7, 11) is 1.86. The minimum atomic E-state index is -0.267. The molecule has 4 nitrogen and oxygen atoms in total. The Bertz CT molecular complexity index is 1020. The number of nitrogens with zero attached hydrogens (tertiary/aromatic N) is 2. The van der Waals surface area contributed by atoms with Crippen LogP contribution in [-0.2, 0) is 17.3 Å². The summed E-state index contributed by atoms with van der Waals surface area (Å²) in [6, 6.07) is 14.4. The first-order valence-electron chi connectivity index (χ1n) is 13.0. The molecule has 2 aromatic rings. The molecule has 0 bridgehead atoms. The van der Waals surface area contributed by atoms with E-state index in [1.807, 2.05) is 19.2 Å². The van der Waals surface area contributed by atoms with Crippen molar-refractivity contribution in [1.82, 2.24) is 4.90 Å². The largest absolute Gasteiger partial charge is 0.507 e. The fourth-order valence-corrected chi connectivity index (χ4v) is 5.39. The van der Waals surface area contributed by atoms with Gasteiger partial charge in [-0.25, -0.2) is 0 Å². The van der Waals surface area contributed by atoms with E-state index in [0.29, 0.717) is 29.7 Å². The summed E-state index contributed by atoms with van der Waals surface area (Å²) in [5.74, 6) is 2.25. The van der Waals surface area contributed by atoms with Crippen molar-refractivity contribution in [2.45, 2.75) is 78.6 Å². The number of rotatable bonds is 7. The third-order valence-corrected chi connectivity index (χ3v) is 7.25. The summed E-state index contributed by atoms with van der Waals surface area (Å²) in [5, 5.41) is 11.1. The highest BCUT2D eigenvalue weighted by atomic mass is 16.3. The number of carbonyl (C=O) groups is 1. The first-order valence-corrected chi connectivity index (χ1v) is 13.0. The molecule has 35 heavy (non-hydrogen) atoms. The summed E-state index contributed by atoms with van der Waals surface area (Å²) in [6.07, 6.45) is 3.20. The average Bonchev–Trinajstić information content (AvgIpc) is 3.08. The molecule has 0 unspecified atom stereocenters. The molecule has 2 atom stereocenters. The highest BCUT2D eigenvalue weighted by Crippen LogP contribution is 2.40. The Kier molecular flexibility index (Phi) is 8.14. The number of carbonyl (C=O) groups excluding carboxylic acids is 1. The monoisotopic (exact) mass is 476 g/mol. The highest BCUT2D eigenvalue weighted by molar-refractivity contribution is 6.01. The molecule has 2 aromatic carbocycles. The molecule has 1 fully saturated rings. The summed E-state index contributed by atoms with van der Waals surface area (Å²) < 4.78 is 0. The molecule has 0 saturated carbocycles. The molecular weight excluding hydrogens is 432 g/mol. The van der Waals surface area contributed by atoms with Crippen LogP contribution in [0.25, 0.3) is 0 Å².